The van der Waals surface area contributed by atoms with E-state index in [1.165, 1.54) is 23.5 Å². The van der Waals surface area contributed by atoms with Gasteiger partial charge in [0.05, 0.1) is 11.7 Å². The van der Waals surface area contributed by atoms with Gasteiger partial charge in [0.25, 0.3) is 0 Å². The molecule has 2 fully saturated rings. The maximum Gasteiger partial charge on any atom is 0.110 e. The quantitative estimate of drug-likeness (QED) is 0.859. The van der Waals surface area contributed by atoms with Gasteiger partial charge in [-0.25, -0.2) is 4.98 Å². The highest BCUT2D eigenvalue weighted by Gasteiger charge is 2.23. The summed E-state index contributed by atoms with van der Waals surface area (Å²) in [7, 11) is 0. The summed E-state index contributed by atoms with van der Waals surface area (Å²) >= 11 is 1.83. The third kappa shape index (κ3) is 2.14. The third-order valence-electron chi connectivity index (χ3n) is 3.54. The van der Waals surface area contributed by atoms with Gasteiger partial charge in [-0.3, -0.25) is 0 Å². The van der Waals surface area contributed by atoms with Crippen LogP contribution in [0.3, 0.4) is 0 Å². The molecule has 3 heterocycles. The van der Waals surface area contributed by atoms with E-state index in [2.05, 4.69) is 10.7 Å². The molecule has 0 spiro atoms. The molecule has 1 aromatic rings. The van der Waals surface area contributed by atoms with E-state index in [-0.39, 0.29) is 0 Å². The average Bonchev–Trinajstić information content (AvgIpc) is 3.01. The Bertz CT molecular complexity index is 341. The molecule has 2 aliphatic heterocycles. The van der Waals surface area contributed by atoms with Crippen molar-refractivity contribution < 1.29 is 4.74 Å². The van der Waals surface area contributed by atoms with E-state index in [0.717, 1.165) is 32.6 Å². The van der Waals surface area contributed by atoms with Crippen molar-refractivity contribution in [2.75, 3.05) is 19.8 Å². The third-order valence-corrected chi connectivity index (χ3v) is 4.51. The number of nitrogens with one attached hydrogen (secondary N) is 1. The smallest absolute Gasteiger partial charge is 0.110 e. The van der Waals surface area contributed by atoms with Crippen LogP contribution in [0.2, 0.25) is 0 Å². The van der Waals surface area contributed by atoms with E-state index in [1.54, 1.807) is 0 Å². The van der Waals surface area contributed by atoms with Crippen LogP contribution in [0.5, 0.6) is 0 Å². The zero-order valence-electron chi connectivity index (χ0n) is 9.45. The summed E-state index contributed by atoms with van der Waals surface area (Å²) in [6.45, 7) is 2.95. The Labute approximate surface area is 100 Å². The first-order valence-corrected chi connectivity index (χ1v) is 7.08. The summed E-state index contributed by atoms with van der Waals surface area (Å²) in [5, 5.41) is 7.06. The second-order valence-electron chi connectivity index (χ2n) is 4.65. The summed E-state index contributed by atoms with van der Waals surface area (Å²) in [5.74, 6) is 0.639. The molecule has 1 atom stereocenters. The molecule has 16 heavy (non-hydrogen) atoms. The lowest BCUT2D eigenvalue weighted by Gasteiger charge is -2.20. The Morgan fingerprint density at radius 1 is 1.31 bits per heavy atom. The standard InChI is InChI=1S/C12H18N2OS/c1-2-10(13-5-1)12-14-11(8-16-12)9-3-6-15-7-4-9/h8-10,13H,1-7H2. The second kappa shape index (κ2) is 4.82. The van der Waals surface area contributed by atoms with Gasteiger partial charge in [0.1, 0.15) is 5.01 Å². The Morgan fingerprint density at radius 2 is 2.19 bits per heavy atom. The zero-order chi connectivity index (χ0) is 10.8. The molecular weight excluding hydrogens is 220 g/mol. The number of hydrogen-bond acceptors (Lipinski definition) is 4. The van der Waals surface area contributed by atoms with Gasteiger partial charge in [-0.2, -0.15) is 0 Å². The number of hydrogen-bond donors (Lipinski definition) is 1. The van der Waals surface area contributed by atoms with E-state index in [9.17, 15) is 0 Å². The molecule has 0 aliphatic carbocycles. The van der Waals surface area contributed by atoms with E-state index >= 15 is 0 Å². The van der Waals surface area contributed by atoms with Crippen molar-refractivity contribution in [1.29, 1.82) is 0 Å². The molecule has 0 aromatic carbocycles. The van der Waals surface area contributed by atoms with Crippen LogP contribution in [0, 0.1) is 0 Å². The van der Waals surface area contributed by atoms with Crippen molar-refractivity contribution >= 4 is 11.3 Å². The lowest BCUT2D eigenvalue weighted by atomic mass is 9.97. The van der Waals surface area contributed by atoms with Crippen molar-refractivity contribution in [3.05, 3.63) is 16.1 Å². The summed E-state index contributed by atoms with van der Waals surface area (Å²) in [6, 6.07) is 0.526. The van der Waals surface area contributed by atoms with E-state index in [0.29, 0.717) is 12.0 Å². The Morgan fingerprint density at radius 3 is 2.94 bits per heavy atom. The second-order valence-corrected chi connectivity index (χ2v) is 5.54. The molecule has 3 nitrogen and oxygen atoms in total. The van der Waals surface area contributed by atoms with Gasteiger partial charge in [0.2, 0.25) is 0 Å². The highest BCUT2D eigenvalue weighted by Crippen LogP contribution is 2.31. The van der Waals surface area contributed by atoms with Crippen LogP contribution in [-0.4, -0.2) is 24.7 Å². The van der Waals surface area contributed by atoms with Gasteiger partial charge in [-0.1, -0.05) is 0 Å². The predicted molar refractivity (Wildman–Crippen MR) is 64.9 cm³/mol. The number of rotatable bonds is 2. The average molecular weight is 238 g/mol. The topological polar surface area (TPSA) is 34.2 Å². The van der Waals surface area contributed by atoms with Gasteiger partial charge in [-0.15, -0.1) is 11.3 Å². The fourth-order valence-electron chi connectivity index (χ4n) is 2.54. The molecule has 0 radical (unpaired) electrons. The number of aromatic nitrogens is 1. The fourth-order valence-corrected chi connectivity index (χ4v) is 3.55. The molecule has 2 saturated heterocycles. The number of thiazole rings is 1. The van der Waals surface area contributed by atoms with Gasteiger partial charge in [0.15, 0.2) is 0 Å². The maximum atomic E-state index is 5.39. The highest BCUT2D eigenvalue weighted by atomic mass is 32.1. The minimum Gasteiger partial charge on any atom is -0.381 e. The molecule has 1 aromatic heterocycles. The Kier molecular flexibility index (Phi) is 3.22. The Hall–Kier alpha value is -0.450. The van der Waals surface area contributed by atoms with Gasteiger partial charge < -0.3 is 10.1 Å². The molecule has 1 N–H and O–H groups in total. The van der Waals surface area contributed by atoms with Gasteiger partial charge in [0, 0.05) is 24.5 Å². The fraction of sp³-hybridized carbons (Fsp3) is 0.750. The summed E-state index contributed by atoms with van der Waals surface area (Å²) in [5.41, 5.74) is 1.30. The molecule has 88 valence electrons. The van der Waals surface area contributed by atoms with E-state index in [4.69, 9.17) is 9.72 Å². The van der Waals surface area contributed by atoms with Crippen LogP contribution >= 0.6 is 11.3 Å². The molecule has 4 heteroatoms. The van der Waals surface area contributed by atoms with Crippen LogP contribution in [0.1, 0.15) is 48.3 Å². The highest BCUT2D eigenvalue weighted by molar-refractivity contribution is 7.09. The van der Waals surface area contributed by atoms with Crippen molar-refractivity contribution in [2.24, 2.45) is 0 Å². The SMILES string of the molecule is c1sc(C2CCCN2)nc1C1CCOCC1. The molecule has 2 aliphatic rings. The monoisotopic (exact) mass is 238 g/mol. The van der Waals surface area contributed by atoms with Crippen LogP contribution < -0.4 is 5.32 Å². The van der Waals surface area contributed by atoms with Crippen molar-refractivity contribution in [1.82, 2.24) is 10.3 Å². The van der Waals surface area contributed by atoms with Gasteiger partial charge in [-0.05, 0) is 32.2 Å². The maximum absolute atomic E-state index is 5.39. The molecular formula is C12H18N2OS. The van der Waals surface area contributed by atoms with Crippen LogP contribution in [-0.2, 0) is 4.74 Å². The van der Waals surface area contributed by atoms with Crippen molar-refractivity contribution in [3.8, 4) is 0 Å². The first-order valence-electron chi connectivity index (χ1n) is 6.20. The molecule has 0 amide bonds. The normalized spacial score (nSPS) is 27.4. The number of nitrogens with zero attached hydrogens (tertiary/aromatic N) is 1. The minimum atomic E-state index is 0.526. The molecule has 0 bridgehead atoms. The number of ether oxygens (including phenoxy) is 1. The predicted octanol–water partition coefficient (Wildman–Crippen LogP) is 2.46. The summed E-state index contributed by atoms with van der Waals surface area (Å²) in [4.78, 5) is 4.82. The minimum absolute atomic E-state index is 0.526. The molecule has 0 saturated carbocycles. The largest absolute Gasteiger partial charge is 0.381 e. The van der Waals surface area contributed by atoms with Crippen LogP contribution in [0.25, 0.3) is 0 Å². The van der Waals surface area contributed by atoms with Crippen molar-refractivity contribution in [2.45, 2.75) is 37.6 Å². The zero-order valence-corrected chi connectivity index (χ0v) is 10.3. The first kappa shape index (κ1) is 10.7. The lowest BCUT2D eigenvalue weighted by Crippen LogP contribution is -2.15. The molecule has 3 rings (SSSR count). The van der Waals surface area contributed by atoms with E-state index < -0.39 is 0 Å². The summed E-state index contributed by atoms with van der Waals surface area (Å²) < 4.78 is 5.39. The van der Waals surface area contributed by atoms with Crippen LogP contribution in [0.4, 0.5) is 0 Å². The van der Waals surface area contributed by atoms with E-state index in [1.807, 2.05) is 11.3 Å². The summed E-state index contributed by atoms with van der Waals surface area (Å²) in [6.07, 6.45) is 4.82. The molecule has 1 unspecified atom stereocenters. The van der Waals surface area contributed by atoms with Crippen molar-refractivity contribution in [3.63, 3.8) is 0 Å². The van der Waals surface area contributed by atoms with Crippen LogP contribution in [0.15, 0.2) is 5.38 Å². The van der Waals surface area contributed by atoms with Gasteiger partial charge >= 0.3 is 0 Å². The first-order chi connectivity index (χ1) is 7.93. The lowest BCUT2D eigenvalue weighted by molar-refractivity contribution is 0.0846. The Balaban J connectivity index is 1.71.